The third-order valence-corrected chi connectivity index (χ3v) is 5.58. The molecule has 0 aliphatic carbocycles. The van der Waals surface area contributed by atoms with Crippen LogP contribution in [-0.2, 0) is 9.53 Å². The number of hydrogen-bond donors (Lipinski definition) is 2. The van der Waals surface area contributed by atoms with Crippen LogP contribution < -0.4 is 5.32 Å². The zero-order valence-electron chi connectivity index (χ0n) is 13.0. The van der Waals surface area contributed by atoms with E-state index in [1.807, 2.05) is 4.90 Å². The smallest absolute Gasteiger partial charge is 0.355 e. The van der Waals surface area contributed by atoms with Crippen LogP contribution in [0.1, 0.15) is 23.3 Å². The highest BCUT2D eigenvalue weighted by molar-refractivity contribution is 8.01. The van der Waals surface area contributed by atoms with E-state index < -0.39 is 5.97 Å². The number of amides is 1. The standard InChI is InChI=1S/C14H21N3O4S2/c1-21-6-4-15-8-10-2-3-12(18)17(10)5-7-22-14-16-11(9-23-14)13(19)20/h9-10,15H,2-8H2,1H3,(H,19,20)/t10-/m1/s1. The number of aromatic carboxylic acids is 1. The number of carboxylic acids is 1. The van der Waals surface area contributed by atoms with Crippen molar-refractivity contribution >= 4 is 35.0 Å². The lowest BCUT2D eigenvalue weighted by Gasteiger charge is -2.24. The van der Waals surface area contributed by atoms with Gasteiger partial charge in [-0.25, -0.2) is 9.78 Å². The molecular weight excluding hydrogens is 338 g/mol. The van der Waals surface area contributed by atoms with Gasteiger partial charge in [-0.3, -0.25) is 4.79 Å². The Morgan fingerprint density at radius 2 is 2.48 bits per heavy atom. The Morgan fingerprint density at radius 1 is 1.65 bits per heavy atom. The molecule has 1 aromatic heterocycles. The highest BCUT2D eigenvalue weighted by Crippen LogP contribution is 2.24. The van der Waals surface area contributed by atoms with Gasteiger partial charge in [0.25, 0.3) is 0 Å². The lowest BCUT2D eigenvalue weighted by molar-refractivity contribution is -0.128. The first-order chi connectivity index (χ1) is 11.1. The van der Waals surface area contributed by atoms with E-state index in [1.54, 1.807) is 7.11 Å². The molecule has 2 heterocycles. The molecule has 128 valence electrons. The summed E-state index contributed by atoms with van der Waals surface area (Å²) < 4.78 is 5.72. The number of likely N-dealkylation sites (tertiary alicyclic amines) is 1. The Hall–Kier alpha value is -1.16. The van der Waals surface area contributed by atoms with E-state index in [-0.39, 0.29) is 17.6 Å². The number of aromatic nitrogens is 1. The third-order valence-electron chi connectivity index (χ3n) is 3.58. The molecule has 2 N–H and O–H groups in total. The molecule has 9 heteroatoms. The Labute approximate surface area is 143 Å². The first-order valence-corrected chi connectivity index (χ1v) is 9.29. The van der Waals surface area contributed by atoms with Gasteiger partial charge >= 0.3 is 5.97 Å². The summed E-state index contributed by atoms with van der Waals surface area (Å²) >= 11 is 2.81. The van der Waals surface area contributed by atoms with Gasteiger partial charge in [-0.05, 0) is 6.42 Å². The average Bonchev–Trinajstić information content (AvgIpc) is 3.13. The lowest BCUT2D eigenvalue weighted by Crippen LogP contribution is -2.41. The van der Waals surface area contributed by atoms with Crippen LogP contribution >= 0.6 is 23.1 Å². The third kappa shape index (κ3) is 5.45. The topological polar surface area (TPSA) is 91.8 Å². The van der Waals surface area contributed by atoms with Crippen molar-refractivity contribution < 1.29 is 19.4 Å². The average molecular weight is 359 g/mol. The predicted molar refractivity (Wildman–Crippen MR) is 89.3 cm³/mol. The minimum atomic E-state index is -1.01. The van der Waals surface area contributed by atoms with Crippen molar-refractivity contribution in [1.29, 1.82) is 0 Å². The van der Waals surface area contributed by atoms with Gasteiger partial charge < -0.3 is 20.1 Å². The van der Waals surface area contributed by atoms with Crippen molar-refractivity contribution in [3.05, 3.63) is 11.1 Å². The number of rotatable bonds is 10. The van der Waals surface area contributed by atoms with Gasteiger partial charge in [0.2, 0.25) is 5.91 Å². The van der Waals surface area contributed by atoms with Crippen LogP contribution in [0.25, 0.3) is 0 Å². The number of hydrogen-bond acceptors (Lipinski definition) is 7. The van der Waals surface area contributed by atoms with Gasteiger partial charge in [0.05, 0.1) is 6.61 Å². The minimum Gasteiger partial charge on any atom is -0.476 e. The van der Waals surface area contributed by atoms with Crippen molar-refractivity contribution in [3.8, 4) is 0 Å². The molecule has 0 aromatic carbocycles. The molecule has 0 saturated carbocycles. The number of carbonyl (C=O) groups excluding carboxylic acids is 1. The van der Waals surface area contributed by atoms with Crippen LogP contribution in [0.4, 0.5) is 0 Å². The molecule has 1 aliphatic rings. The second kappa shape index (κ2) is 9.21. The fraction of sp³-hybridized carbons (Fsp3) is 0.643. The van der Waals surface area contributed by atoms with E-state index in [2.05, 4.69) is 10.3 Å². The number of nitrogens with one attached hydrogen (secondary N) is 1. The van der Waals surface area contributed by atoms with E-state index in [4.69, 9.17) is 9.84 Å². The first-order valence-electron chi connectivity index (χ1n) is 7.42. The first kappa shape index (κ1) is 18.2. The molecule has 1 atom stereocenters. The highest BCUT2D eigenvalue weighted by atomic mass is 32.2. The Kier molecular flexibility index (Phi) is 7.28. The van der Waals surface area contributed by atoms with Gasteiger partial charge in [-0.15, -0.1) is 11.3 Å². The maximum atomic E-state index is 12.0. The van der Waals surface area contributed by atoms with Gasteiger partial charge in [-0.2, -0.15) is 0 Å². The van der Waals surface area contributed by atoms with E-state index >= 15 is 0 Å². The Morgan fingerprint density at radius 3 is 3.17 bits per heavy atom. The van der Waals surface area contributed by atoms with Gasteiger partial charge in [-0.1, -0.05) is 11.8 Å². The fourth-order valence-corrected chi connectivity index (χ4v) is 4.22. The van der Waals surface area contributed by atoms with Crippen molar-refractivity contribution in [2.75, 3.05) is 39.1 Å². The fourth-order valence-electron chi connectivity index (χ4n) is 2.41. The van der Waals surface area contributed by atoms with Crippen molar-refractivity contribution in [2.45, 2.75) is 23.2 Å². The molecule has 1 saturated heterocycles. The summed E-state index contributed by atoms with van der Waals surface area (Å²) in [6.45, 7) is 2.87. The molecule has 0 spiro atoms. The maximum Gasteiger partial charge on any atom is 0.355 e. The maximum absolute atomic E-state index is 12.0. The van der Waals surface area contributed by atoms with E-state index in [0.29, 0.717) is 25.3 Å². The molecule has 0 radical (unpaired) electrons. The van der Waals surface area contributed by atoms with E-state index in [0.717, 1.165) is 23.8 Å². The van der Waals surface area contributed by atoms with Crippen LogP contribution in [0.2, 0.25) is 0 Å². The second-order valence-electron chi connectivity index (χ2n) is 5.13. The van der Waals surface area contributed by atoms with Crippen molar-refractivity contribution in [3.63, 3.8) is 0 Å². The number of thiazole rings is 1. The van der Waals surface area contributed by atoms with Crippen molar-refractivity contribution in [1.82, 2.24) is 15.2 Å². The second-order valence-corrected chi connectivity index (χ2v) is 7.33. The minimum absolute atomic E-state index is 0.0787. The summed E-state index contributed by atoms with van der Waals surface area (Å²) in [6.07, 6.45) is 1.48. The summed E-state index contributed by atoms with van der Waals surface area (Å²) in [7, 11) is 1.67. The molecule has 1 aromatic rings. The summed E-state index contributed by atoms with van der Waals surface area (Å²) in [6, 6.07) is 0.228. The molecular formula is C14H21N3O4S2. The van der Waals surface area contributed by atoms with Gasteiger partial charge in [0.1, 0.15) is 0 Å². The molecule has 1 aliphatic heterocycles. The summed E-state index contributed by atoms with van der Waals surface area (Å²) in [4.78, 5) is 28.7. The van der Waals surface area contributed by atoms with E-state index in [1.165, 1.54) is 28.5 Å². The Balaban J connectivity index is 1.75. The van der Waals surface area contributed by atoms with Crippen molar-refractivity contribution in [2.24, 2.45) is 0 Å². The largest absolute Gasteiger partial charge is 0.476 e. The van der Waals surface area contributed by atoms with Gasteiger partial charge in [0.15, 0.2) is 10.0 Å². The number of nitrogens with zero attached hydrogens (tertiary/aromatic N) is 2. The zero-order chi connectivity index (χ0) is 16.7. The number of ether oxygens (including phenoxy) is 1. The normalized spacial score (nSPS) is 17.9. The lowest BCUT2D eigenvalue weighted by atomic mass is 10.2. The number of thioether (sulfide) groups is 1. The van der Waals surface area contributed by atoms with Crippen LogP contribution in [0.5, 0.6) is 0 Å². The molecule has 0 bridgehead atoms. The highest BCUT2D eigenvalue weighted by Gasteiger charge is 2.30. The molecule has 2 rings (SSSR count). The molecule has 1 fully saturated rings. The van der Waals surface area contributed by atoms with Crippen LogP contribution in [0.15, 0.2) is 9.72 Å². The Bertz CT molecular complexity index is 538. The number of methoxy groups -OCH3 is 1. The summed E-state index contributed by atoms with van der Waals surface area (Å²) in [5.74, 6) is -0.105. The SMILES string of the molecule is COCCNC[C@H]1CCC(=O)N1CCSc1nc(C(=O)O)cs1. The van der Waals surface area contributed by atoms with Crippen LogP contribution in [0.3, 0.4) is 0 Å². The van der Waals surface area contributed by atoms with Crippen LogP contribution in [-0.4, -0.2) is 72.0 Å². The van der Waals surface area contributed by atoms with E-state index in [9.17, 15) is 9.59 Å². The molecule has 0 unspecified atom stereocenters. The molecule has 1 amide bonds. The predicted octanol–water partition coefficient (Wildman–Crippen LogP) is 1.16. The van der Waals surface area contributed by atoms with Crippen LogP contribution in [0, 0.1) is 0 Å². The quantitative estimate of drug-likeness (QED) is 0.478. The van der Waals surface area contributed by atoms with Gasteiger partial charge in [0, 0.05) is 50.3 Å². The summed E-state index contributed by atoms with van der Waals surface area (Å²) in [5, 5.41) is 13.7. The molecule has 7 nitrogen and oxygen atoms in total. The zero-order valence-corrected chi connectivity index (χ0v) is 14.6. The number of carbonyl (C=O) groups is 2. The molecule has 23 heavy (non-hydrogen) atoms. The monoisotopic (exact) mass is 359 g/mol. The number of carboxylic acid groups (broad SMARTS) is 1. The summed E-state index contributed by atoms with van der Waals surface area (Å²) in [5.41, 5.74) is 0.0787.